The van der Waals surface area contributed by atoms with Gasteiger partial charge in [-0.05, 0) is 92.2 Å². The van der Waals surface area contributed by atoms with Gasteiger partial charge < -0.3 is 10.1 Å². The second-order valence-electron chi connectivity index (χ2n) is 8.99. The van der Waals surface area contributed by atoms with Gasteiger partial charge in [0.15, 0.2) is 15.6 Å². The Morgan fingerprint density at radius 3 is 2.36 bits per heavy atom. The number of carbonyl (C=O) groups is 1. The summed E-state index contributed by atoms with van der Waals surface area (Å²) in [5.41, 5.74) is 1.79. The summed E-state index contributed by atoms with van der Waals surface area (Å²) in [4.78, 5) is 13.1. The molecule has 0 aliphatic carbocycles. The van der Waals surface area contributed by atoms with Crippen molar-refractivity contribution in [3.05, 3.63) is 94.8 Å². The van der Waals surface area contributed by atoms with Gasteiger partial charge in [-0.1, -0.05) is 0 Å². The molecule has 3 aromatic carbocycles. The number of anilines is 1. The normalized spacial score (nSPS) is 20.0. The van der Waals surface area contributed by atoms with E-state index in [4.69, 9.17) is 4.74 Å². The van der Waals surface area contributed by atoms with Crippen molar-refractivity contribution in [1.82, 2.24) is 0 Å². The number of ether oxygens (including phenoxy) is 1. The average Bonchev–Trinajstić information content (AvgIpc) is 2.98. The first-order valence-electron chi connectivity index (χ1n) is 10.5. The minimum absolute atomic E-state index is 0.202. The summed E-state index contributed by atoms with van der Waals surface area (Å²) in [6.07, 6.45) is 5.00. The molecule has 168 valence electrons. The molecule has 1 N–H and O–H groups in total. The largest absolute Gasteiger partial charge is 0.463 e. The summed E-state index contributed by atoms with van der Waals surface area (Å²) in [6, 6.07) is 15.7. The maximum atomic E-state index is 13.2. The molecule has 3 aromatic rings. The van der Waals surface area contributed by atoms with Crippen LogP contribution in [0.15, 0.2) is 71.6 Å². The Balaban J connectivity index is 1.49. The molecule has 1 unspecified atom stereocenters. The molecule has 5 rings (SSSR count). The SMILES string of the molecule is CC1(C)c2cc(S(C)(=O)=O)ccc2NC12C=Cc1cc(C(=O)c3ccc(F)cc3)ccc1O2. The lowest BCUT2D eigenvalue weighted by molar-refractivity contribution is 0.0822. The number of benzene rings is 3. The average molecular weight is 464 g/mol. The number of halogens is 1. The zero-order valence-electron chi connectivity index (χ0n) is 18.3. The van der Waals surface area contributed by atoms with Crippen LogP contribution in [0, 0.1) is 5.82 Å². The van der Waals surface area contributed by atoms with Crippen molar-refractivity contribution in [1.29, 1.82) is 0 Å². The molecule has 0 fully saturated rings. The molecule has 1 atom stereocenters. The third-order valence-electron chi connectivity index (χ3n) is 6.49. The number of rotatable bonds is 3. The smallest absolute Gasteiger partial charge is 0.209 e. The minimum Gasteiger partial charge on any atom is -0.463 e. The lowest BCUT2D eigenvalue weighted by Gasteiger charge is -2.41. The number of hydrogen-bond acceptors (Lipinski definition) is 5. The molecule has 33 heavy (non-hydrogen) atoms. The van der Waals surface area contributed by atoms with Crippen LogP contribution in [-0.2, 0) is 15.3 Å². The van der Waals surface area contributed by atoms with Crippen LogP contribution in [0.1, 0.15) is 40.9 Å². The van der Waals surface area contributed by atoms with Gasteiger partial charge in [0.05, 0.1) is 10.3 Å². The standard InChI is InChI=1S/C26H22FNO4S/c1-25(2)21-15-20(33(3,30)31)9-10-22(21)28-26(25)13-12-17-14-18(6-11-23(17)32-26)24(29)16-4-7-19(27)8-5-16/h4-15,28H,1-3H3. The molecule has 1 spiro atoms. The van der Waals surface area contributed by atoms with Gasteiger partial charge in [-0.25, -0.2) is 12.8 Å². The summed E-state index contributed by atoms with van der Waals surface area (Å²) in [5.74, 6) is 0.00587. The van der Waals surface area contributed by atoms with Crippen LogP contribution in [0.25, 0.3) is 6.08 Å². The first-order chi connectivity index (χ1) is 15.5. The van der Waals surface area contributed by atoms with Gasteiger partial charge in [-0.15, -0.1) is 0 Å². The van der Waals surface area contributed by atoms with Crippen LogP contribution >= 0.6 is 0 Å². The molecule has 2 heterocycles. The van der Waals surface area contributed by atoms with E-state index in [0.29, 0.717) is 16.9 Å². The highest BCUT2D eigenvalue weighted by atomic mass is 32.2. The summed E-state index contributed by atoms with van der Waals surface area (Å²) >= 11 is 0. The Labute approximate surface area is 191 Å². The van der Waals surface area contributed by atoms with E-state index in [1.54, 1.807) is 36.4 Å². The van der Waals surface area contributed by atoms with Gasteiger partial charge in [-0.2, -0.15) is 0 Å². The maximum absolute atomic E-state index is 13.2. The van der Waals surface area contributed by atoms with Gasteiger partial charge in [0.25, 0.3) is 0 Å². The van der Waals surface area contributed by atoms with Crippen molar-refractivity contribution in [3.8, 4) is 5.75 Å². The maximum Gasteiger partial charge on any atom is 0.209 e. The van der Waals surface area contributed by atoms with Crippen molar-refractivity contribution in [2.24, 2.45) is 0 Å². The van der Waals surface area contributed by atoms with Crippen molar-refractivity contribution in [2.75, 3.05) is 11.6 Å². The van der Waals surface area contributed by atoms with Crippen LogP contribution in [-0.4, -0.2) is 26.2 Å². The molecular formula is C26H22FNO4S. The summed E-state index contributed by atoms with van der Waals surface area (Å²) in [7, 11) is -3.34. The Bertz CT molecular complexity index is 1440. The van der Waals surface area contributed by atoms with Gasteiger partial charge >= 0.3 is 0 Å². The third kappa shape index (κ3) is 3.35. The summed E-state index contributed by atoms with van der Waals surface area (Å²) in [6.45, 7) is 4.00. The van der Waals surface area contributed by atoms with E-state index in [-0.39, 0.29) is 10.7 Å². The van der Waals surface area contributed by atoms with Crippen LogP contribution in [0.3, 0.4) is 0 Å². The number of sulfone groups is 1. The van der Waals surface area contributed by atoms with E-state index in [1.165, 1.54) is 30.5 Å². The van der Waals surface area contributed by atoms with Gasteiger partial charge in [0, 0.05) is 28.6 Å². The van der Waals surface area contributed by atoms with E-state index in [0.717, 1.165) is 16.8 Å². The van der Waals surface area contributed by atoms with Gasteiger partial charge in [0.2, 0.25) is 5.72 Å². The van der Waals surface area contributed by atoms with Gasteiger partial charge in [0.1, 0.15) is 11.6 Å². The number of hydrogen-bond donors (Lipinski definition) is 1. The van der Waals surface area contributed by atoms with Gasteiger partial charge in [-0.3, -0.25) is 4.79 Å². The lowest BCUT2D eigenvalue weighted by atomic mass is 9.76. The molecule has 2 aliphatic rings. The molecule has 5 nitrogen and oxygen atoms in total. The molecule has 0 saturated heterocycles. The second kappa shape index (κ2) is 7.02. The van der Waals surface area contributed by atoms with Crippen molar-refractivity contribution >= 4 is 27.4 Å². The predicted molar refractivity (Wildman–Crippen MR) is 125 cm³/mol. The number of nitrogens with one attached hydrogen (secondary N) is 1. The Morgan fingerprint density at radius 1 is 0.970 bits per heavy atom. The molecule has 0 saturated carbocycles. The van der Waals surface area contributed by atoms with E-state index >= 15 is 0 Å². The number of carbonyl (C=O) groups excluding carboxylic acids is 1. The van der Waals surface area contributed by atoms with Crippen LogP contribution in [0.2, 0.25) is 0 Å². The van der Waals surface area contributed by atoms with E-state index in [9.17, 15) is 17.6 Å². The first-order valence-corrected chi connectivity index (χ1v) is 12.3. The first kappa shape index (κ1) is 21.4. The van der Waals surface area contributed by atoms with E-state index < -0.39 is 26.8 Å². The molecule has 0 bridgehead atoms. The Hall–Kier alpha value is -3.45. The van der Waals surface area contributed by atoms with E-state index in [2.05, 4.69) is 5.32 Å². The Kier molecular flexibility index (Phi) is 4.55. The highest BCUT2D eigenvalue weighted by Crippen LogP contribution is 2.51. The van der Waals surface area contributed by atoms with Crippen LogP contribution in [0.4, 0.5) is 10.1 Å². The third-order valence-corrected chi connectivity index (χ3v) is 7.60. The topological polar surface area (TPSA) is 72.5 Å². The fourth-order valence-corrected chi connectivity index (χ4v) is 5.08. The highest BCUT2D eigenvalue weighted by Gasteiger charge is 2.54. The number of ketones is 1. The zero-order chi connectivity index (χ0) is 23.6. The van der Waals surface area contributed by atoms with Crippen molar-refractivity contribution in [3.63, 3.8) is 0 Å². The van der Waals surface area contributed by atoms with Crippen molar-refractivity contribution in [2.45, 2.75) is 29.9 Å². The monoisotopic (exact) mass is 463 g/mol. The number of fused-ring (bicyclic) bond motifs is 2. The molecular weight excluding hydrogens is 441 g/mol. The minimum atomic E-state index is -3.34. The fourth-order valence-electron chi connectivity index (χ4n) is 4.43. The van der Waals surface area contributed by atoms with Crippen LogP contribution < -0.4 is 10.1 Å². The molecule has 0 aromatic heterocycles. The summed E-state index contributed by atoms with van der Waals surface area (Å²) < 4.78 is 43.8. The molecule has 7 heteroatoms. The molecule has 2 aliphatic heterocycles. The quantitative estimate of drug-likeness (QED) is 0.556. The highest BCUT2D eigenvalue weighted by molar-refractivity contribution is 7.90. The Morgan fingerprint density at radius 2 is 1.67 bits per heavy atom. The van der Waals surface area contributed by atoms with Crippen molar-refractivity contribution < 1.29 is 22.3 Å². The zero-order valence-corrected chi connectivity index (χ0v) is 19.2. The molecule has 0 amide bonds. The second-order valence-corrected chi connectivity index (χ2v) is 11.0. The predicted octanol–water partition coefficient (Wildman–Crippen LogP) is 4.97. The lowest BCUT2D eigenvalue weighted by Crippen LogP contribution is -2.53. The summed E-state index contributed by atoms with van der Waals surface area (Å²) in [5, 5.41) is 3.42. The fraction of sp³-hybridized carbons (Fsp3) is 0.192. The van der Waals surface area contributed by atoms with Crippen LogP contribution in [0.5, 0.6) is 5.75 Å². The molecule has 0 radical (unpaired) electrons. The van der Waals surface area contributed by atoms with E-state index in [1.807, 2.05) is 26.0 Å².